The Balaban J connectivity index is 2.71. The molecule has 0 bridgehead atoms. The maximum absolute atomic E-state index is 12.0. The van der Waals surface area contributed by atoms with Crippen LogP contribution in [0, 0.1) is 11.3 Å². The second-order valence-corrected chi connectivity index (χ2v) is 4.99. The van der Waals surface area contributed by atoms with Gasteiger partial charge in [-0.1, -0.05) is 24.3 Å². The van der Waals surface area contributed by atoms with Gasteiger partial charge in [-0.15, -0.1) is 13.2 Å². The number of rotatable bonds is 7. The van der Waals surface area contributed by atoms with Crippen LogP contribution in [0.15, 0.2) is 49.6 Å². The van der Waals surface area contributed by atoms with E-state index in [0.29, 0.717) is 29.9 Å². The molecule has 0 aliphatic heterocycles. The predicted molar refractivity (Wildman–Crippen MR) is 92.5 cm³/mol. The minimum absolute atomic E-state index is 0.270. The standard InChI is InChI=1S/C18H18N4O2/c1-4-10-22(11-5-2)17-16(13(12-19)18(23)24-3)20-14-8-6-7-9-15(14)21-17/h4-9,13H,1-2,10-11H2,3H3/t13-/m1/s1. The Morgan fingerprint density at radius 1 is 1.29 bits per heavy atom. The molecule has 0 aliphatic carbocycles. The monoisotopic (exact) mass is 322 g/mol. The third-order valence-corrected chi connectivity index (χ3v) is 3.42. The van der Waals surface area contributed by atoms with E-state index < -0.39 is 11.9 Å². The molecule has 0 amide bonds. The lowest BCUT2D eigenvalue weighted by atomic mass is 10.1. The van der Waals surface area contributed by atoms with Crippen molar-refractivity contribution in [3.63, 3.8) is 0 Å². The number of nitrogens with zero attached hydrogens (tertiary/aromatic N) is 4. The molecular formula is C18H18N4O2. The second kappa shape index (κ2) is 7.88. The van der Waals surface area contributed by atoms with Crippen molar-refractivity contribution in [3.8, 4) is 6.07 Å². The van der Waals surface area contributed by atoms with Crippen LogP contribution in [0.5, 0.6) is 0 Å². The maximum atomic E-state index is 12.0. The van der Waals surface area contributed by atoms with Crippen LogP contribution in [0.3, 0.4) is 0 Å². The zero-order valence-corrected chi connectivity index (χ0v) is 13.5. The van der Waals surface area contributed by atoms with Crippen LogP contribution < -0.4 is 4.90 Å². The molecule has 24 heavy (non-hydrogen) atoms. The van der Waals surface area contributed by atoms with Gasteiger partial charge >= 0.3 is 5.97 Å². The van der Waals surface area contributed by atoms with Gasteiger partial charge in [-0.05, 0) is 12.1 Å². The summed E-state index contributed by atoms with van der Waals surface area (Å²) >= 11 is 0. The van der Waals surface area contributed by atoms with Gasteiger partial charge in [-0.3, -0.25) is 4.79 Å². The number of ether oxygens (including phenoxy) is 1. The predicted octanol–water partition coefficient (Wildman–Crippen LogP) is 2.59. The molecule has 1 aromatic carbocycles. The lowest BCUT2D eigenvalue weighted by Crippen LogP contribution is -2.28. The molecule has 0 fully saturated rings. The summed E-state index contributed by atoms with van der Waals surface area (Å²) in [7, 11) is 1.24. The Kier molecular flexibility index (Phi) is 5.63. The van der Waals surface area contributed by atoms with Crippen LogP contribution in [0.1, 0.15) is 11.6 Å². The number of anilines is 1. The SMILES string of the molecule is C=CCN(CC=C)c1nc2ccccc2nc1[C@@H](C#N)C(=O)OC. The van der Waals surface area contributed by atoms with Crippen LogP contribution >= 0.6 is 0 Å². The Hall–Kier alpha value is -3.20. The van der Waals surface area contributed by atoms with Crippen molar-refractivity contribution in [2.75, 3.05) is 25.1 Å². The van der Waals surface area contributed by atoms with Crippen LogP contribution in [0.25, 0.3) is 11.0 Å². The van der Waals surface area contributed by atoms with E-state index in [1.807, 2.05) is 29.2 Å². The fourth-order valence-electron chi connectivity index (χ4n) is 2.33. The minimum atomic E-state index is -1.15. The first kappa shape index (κ1) is 17.2. The summed E-state index contributed by atoms with van der Waals surface area (Å²) in [5.74, 6) is -1.37. The molecule has 0 N–H and O–H groups in total. The van der Waals surface area contributed by atoms with Gasteiger partial charge in [0.25, 0.3) is 0 Å². The molecule has 0 saturated carbocycles. The van der Waals surface area contributed by atoms with Crippen LogP contribution in [0.4, 0.5) is 5.82 Å². The van der Waals surface area contributed by atoms with Crippen molar-refractivity contribution in [1.82, 2.24) is 9.97 Å². The summed E-state index contributed by atoms with van der Waals surface area (Å²) in [4.78, 5) is 23.0. The largest absolute Gasteiger partial charge is 0.468 e. The van der Waals surface area contributed by atoms with Gasteiger partial charge in [0.05, 0.1) is 24.2 Å². The molecule has 2 rings (SSSR count). The van der Waals surface area contributed by atoms with E-state index in [2.05, 4.69) is 23.1 Å². The van der Waals surface area contributed by atoms with E-state index >= 15 is 0 Å². The smallest absolute Gasteiger partial charge is 0.329 e. The summed E-state index contributed by atoms with van der Waals surface area (Å²) in [6, 6.07) is 9.25. The van der Waals surface area contributed by atoms with Gasteiger partial charge in [0, 0.05) is 13.1 Å². The normalized spacial score (nSPS) is 11.3. The van der Waals surface area contributed by atoms with E-state index in [9.17, 15) is 10.1 Å². The van der Waals surface area contributed by atoms with Crippen molar-refractivity contribution in [2.24, 2.45) is 0 Å². The van der Waals surface area contributed by atoms with Crippen LogP contribution in [0.2, 0.25) is 0 Å². The van der Waals surface area contributed by atoms with E-state index in [4.69, 9.17) is 4.74 Å². The quantitative estimate of drug-likeness (QED) is 0.576. The molecule has 0 aliphatic rings. The Morgan fingerprint density at radius 3 is 2.38 bits per heavy atom. The number of carbonyl (C=O) groups is 1. The third-order valence-electron chi connectivity index (χ3n) is 3.42. The molecule has 1 atom stereocenters. The van der Waals surface area contributed by atoms with E-state index in [1.54, 1.807) is 18.2 Å². The molecule has 1 aromatic heterocycles. The molecular weight excluding hydrogens is 304 g/mol. The first-order valence-electron chi connectivity index (χ1n) is 7.37. The Morgan fingerprint density at radius 2 is 1.88 bits per heavy atom. The van der Waals surface area contributed by atoms with Crippen molar-refractivity contribution in [1.29, 1.82) is 5.26 Å². The van der Waals surface area contributed by atoms with Crippen molar-refractivity contribution in [2.45, 2.75) is 5.92 Å². The van der Waals surface area contributed by atoms with Gasteiger partial charge in [0.2, 0.25) is 0 Å². The number of carbonyl (C=O) groups excluding carboxylic acids is 1. The number of fused-ring (bicyclic) bond motifs is 1. The fourth-order valence-corrected chi connectivity index (χ4v) is 2.33. The summed E-state index contributed by atoms with van der Waals surface area (Å²) in [5, 5.41) is 9.44. The topological polar surface area (TPSA) is 79.1 Å². The average molecular weight is 322 g/mol. The van der Waals surface area contributed by atoms with E-state index in [1.165, 1.54) is 7.11 Å². The van der Waals surface area contributed by atoms with E-state index in [0.717, 1.165) is 0 Å². The Labute approximate surface area is 140 Å². The highest BCUT2D eigenvalue weighted by atomic mass is 16.5. The van der Waals surface area contributed by atoms with Crippen LogP contribution in [-0.4, -0.2) is 36.1 Å². The average Bonchev–Trinajstić information content (AvgIpc) is 2.61. The van der Waals surface area contributed by atoms with Crippen LogP contribution in [-0.2, 0) is 9.53 Å². The lowest BCUT2D eigenvalue weighted by molar-refractivity contribution is -0.141. The lowest BCUT2D eigenvalue weighted by Gasteiger charge is -2.24. The minimum Gasteiger partial charge on any atom is -0.468 e. The molecule has 0 spiro atoms. The maximum Gasteiger partial charge on any atom is 0.329 e. The van der Waals surface area contributed by atoms with Crippen molar-refractivity contribution < 1.29 is 9.53 Å². The number of esters is 1. The van der Waals surface area contributed by atoms with Gasteiger partial charge in [-0.25, -0.2) is 9.97 Å². The molecule has 122 valence electrons. The molecule has 6 nitrogen and oxygen atoms in total. The summed E-state index contributed by atoms with van der Waals surface area (Å²) in [5.41, 5.74) is 1.56. The zero-order valence-electron chi connectivity index (χ0n) is 13.5. The summed E-state index contributed by atoms with van der Waals surface area (Å²) in [6.45, 7) is 8.43. The fraction of sp³-hybridized carbons (Fsp3) is 0.222. The van der Waals surface area contributed by atoms with Crippen molar-refractivity contribution in [3.05, 3.63) is 55.3 Å². The number of nitriles is 1. The van der Waals surface area contributed by atoms with Crippen molar-refractivity contribution >= 4 is 22.8 Å². The number of methoxy groups -OCH3 is 1. The summed E-state index contributed by atoms with van der Waals surface area (Å²) in [6.07, 6.45) is 3.42. The van der Waals surface area contributed by atoms with Gasteiger partial charge in [0.1, 0.15) is 5.69 Å². The number of hydrogen-bond acceptors (Lipinski definition) is 6. The highest BCUT2D eigenvalue weighted by molar-refractivity contribution is 5.85. The van der Waals surface area contributed by atoms with Gasteiger partial charge < -0.3 is 9.64 Å². The molecule has 2 aromatic rings. The molecule has 0 radical (unpaired) electrons. The first-order valence-corrected chi connectivity index (χ1v) is 7.37. The second-order valence-electron chi connectivity index (χ2n) is 4.99. The first-order chi connectivity index (χ1) is 11.7. The van der Waals surface area contributed by atoms with Gasteiger partial charge in [0.15, 0.2) is 11.7 Å². The zero-order chi connectivity index (χ0) is 17.5. The molecule has 6 heteroatoms. The highest BCUT2D eigenvalue weighted by Crippen LogP contribution is 2.27. The highest BCUT2D eigenvalue weighted by Gasteiger charge is 2.29. The molecule has 1 heterocycles. The molecule has 0 unspecified atom stereocenters. The Bertz CT molecular complexity index is 800. The third kappa shape index (κ3) is 3.41. The number of hydrogen-bond donors (Lipinski definition) is 0. The number of para-hydroxylation sites is 2. The van der Waals surface area contributed by atoms with E-state index in [-0.39, 0.29) is 5.69 Å². The molecule has 0 saturated heterocycles. The van der Waals surface area contributed by atoms with Gasteiger partial charge in [-0.2, -0.15) is 5.26 Å². The number of benzene rings is 1. The summed E-state index contributed by atoms with van der Waals surface area (Å²) < 4.78 is 4.74. The number of aromatic nitrogens is 2.